The number of carbonyl (C=O) groups is 1. The van der Waals surface area contributed by atoms with Gasteiger partial charge in [0.15, 0.2) is 35.1 Å². The molecule has 15 atom stereocenters. The zero-order chi connectivity index (χ0) is 56.3. The molecule has 0 bridgehead atoms. The Labute approximate surface area is 440 Å². The smallest absolute Gasteiger partial charge is 0.487 e. The van der Waals surface area contributed by atoms with Crippen molar-refractivity contribution in [2.45, 2.75) is 73.1 Å². The number of aryl methyl sites for hydroxylation is 1. The fourth-order valence-corrected chi connectivity index (χ4v) is 13.6. The molecule has 0 radical (unpaired) electrons. The normalized spacial score (nSPS) is 28.8. The molecule has 13 N–H and O–H groups in total. The van der Waals surface area contributed by atoms with Crippen LogP contribution in [0, 0.1) is 5.92 Å². The Kier molecular flexibility index (Phi) is 16.3. The standard InChI is InChI=1S/C37H51N16O21P3S/c1-49(2)18(54)5-14-15(70-33(22(14)55)53-12-50(3)21-30(53)46-37(40)48-32(21)59)7-68-75(60,61)73-77(64,65)74-76(62,63)69-8-17-26(25(66-4)35(72-17)51-10-43-19-27(38)41-9-42-28(19)51)78-13-67-6-16-23(56)24(57)34(71-16)52-11-44-20-29(52)45-36(39)47-31(20)58/h9-12,14-17,22-26,33-35,55-57H,5-8,13H2,1-4H3,(H10-,38,39,40,41,42,45,46,47,48,58,59,60,61,62,63,64,65)/t14-,15-,16-,17?,22-,23-,24-,25-,26-,33?,34-,35-/m1/s1. The number of phosphoric ester groups is 2. The lowest BCUT2D eigenvalue weighted by molar-refractivity contribution is -0.646. The number of aliphatic hydroxyl groups is 3. The summed E-state index contributed by atoms with van der Waals surface area (Å²) in [7, 11) is -12.4. The highest BCUT2D eigenvalue weighted by Gasteiger charge is 2.52. The molecule has 6 aromatic heterocycles. The summed E-state index contributed by atoms with van der Waals surface area (Å²) in [6.45, 7) is -2.34. The number of aromatic nitrogens is 12. The van der Waals surface area contributed by atoms with Crippen LogP contribution in [-0.2, 0) is 66.9 Å². The van der Waals surface area contributed by atoms with Crippen LogP contribution < -0.4 is 37.8 Å². The van der Waals surface area contributed by atoms with Crippen molar-refractivity contribution in [3.8, 4) is 0 Å². The number of anilines is 3. The second-order valence-electron chi connectivity index (χ2n) is 17.9. The minimum absolute atomic E-state index is 0.00846. The van der Waals surface area contributed by atoms with E-state index in [2.05, 4.69) is 48.5 Å². The SMILES string of the molecule is CO[C@@H]1[C@H](SCOC[C@H]2O[C@@H](n3cnc4c(=O)[nH]c(N)nc43)[C@H](O)[C@@H]2O)C(COP(=O)(O)OP(=O)(O)OP(=O)([O-])OC[C@H]2OC(n3c[n+](C)c4c(=O)[nH]c(N)nc43)[C@H](O)[C@@H]2CC(=O)N(C)C)O[C@H]1n1cnc2c(N)ncnc21. The molecule has 37 nitrogen and oxygen atoms in total. The van der Waals surface area contributed by atoms with Crippen LogP contribution >= 0.6 is 35.2 Å². The average Bonchev–Trinajstić information content (AvgIpc) is 4.38. The molecule has 426 valence electrons. The molecular formula is C37H51N16O21P3S. The topological polar surface area (TPSA) is 519 Å². The predicted octanol–water partition coefficient (Wildman–Crippen LogP) is -4.04. The van der Waals surface area contributed by atoms with Crippen molar-refractivity contribution in [1.82, 2.24) is 58.5 Å². The van der Waals surface area contributed by atoms with Crippen molar-refractivity contribution in [3.05, 3.63) is 46.0 Å². The molecule has 1 amide bonds. The first-order valence-electron chi connectivity index (χ1n) is 22.8. The number of H-pyrrole nitrogens is 2. The highest BCUT2D eigenvalue weighted by Crippen LogP contribution is 2.67. The molecule has 0 saturated carbocycles. The average molecular weight is 1180 g/mol. The van der Waals surface area contributed by atoms with Crippen LogP contribution in [-0.4, -0.2) is 184 Å². The number of thioether (sulfide) groups is 1. The number of hydrogen-bond acceptors (Lipinski definition) is 29. The van der Waals surface area contributed by atoms with E-state index in [1.807, 2.05) is 0 Å². The van der Waals surface area contributed by atoms with Crippen LogP contribution in [0.25, 0.3) is 33.5 Å². The molecule has 3 aliphatic heterocycles. The van der Waals surface area contributed by atoms with Crippen molar-refractivity contribution >= 4 is 92.3 Å². The van der Waals surface area contributed by atoms with Gasteiger partial charge in [-0.25, -0.2) is 37.9 Å². The number of imidazole rings is 3. The number of nitrogen functional groups attached to an aromatic ring is 3. The van der Waals surface area contributed by atoms with E-state index in [1.165, 1.54) is 70.4 Å². The third kappa shape index (κ3) is 11.6. The summed E-state index contributed by atoms with van der Waals surface area (Å²) in [5.74, 6) is -2.51. The largest absolute Gasteiger partial charge is 0.756 e. The van der Waals surface area contributed by atoms with Gasteiger partial charge in [-0.05, 0) is 0 Å². The molecule has 0 aromatic carbocycles. The summed E-state index contributed by atoms with van der Waals surface area (Å²) in [5.41, 5.74) is 16.4. The van der Waals surface area contributed by atoms with Gasteiger partial charge in [0, 0.05) is 33.5 Å². The van der Waals surface area contributed by atoms with Gasteiger partial charge in [0.2, 0.25) is 30.4 Å². The lowest BCUT2D eigenvalue weighted by Crippen LogP contribution is -2.35. The van der Waals surface area contributed by atoms with Gasteiger partial charge in [-0.2, -0.15) is 18.8 Å². The molecule has 3 aliphatic rings. The number of phosphoric acid groups is 3. The first-order valence-corrected chi connectivity index (χ1v) is 28.3. The van der Waals surface area contributed by atoms with E-state index in [0.717, 1.165) is 18.1 Å². The van der Waals surface area contributed by atoms with Crippen LogP contribution in [0.3, 0.4) is 0 Å². The van der Waals surface area contributed by atoms with Gasteiger partial charge in [0.25, 0.3) is 24.5 Å². The van der Waals surface area contributed by atoms with Crippen molar-refractivity contribution in [2.75, 3.05) is 64.2 Å². The summed E-state index contributed by atoms with van der Waals surface area (Å²) < 4.78 is 93.1. The lowest BCUT2D eigenvalue weighted by Gasteiger charge is -2.27. The number of aliphatic hydroxyl groups excluding tert-OH is 3. The number of aromatic amines is 2. The van der Waals surface area contributed by atoms with Crippen molar-refractivity contribution in [1.29, 1.82) is 0 Å². The maximum atomic E-state index is 13.3. The number of methoxy groups -OCH3 is 1. The molecule has 41 heteroatoms. The second kappa shape index (κ2) is 22.2. The van der Waals surface area contributed by atoms with Crippen molar-refractivity contribution in [3.63, 3.8) is 0 Å². The Morgan fingerprint density at radius 2 is 1.42 bits per heavy atom. The van der Waals surface area contributed by atoms with E-state index < -0.39 is 133 Å². The van der Waals surface area contributed by atoms with E-state index in [-0.39, 0.29) is 63.8 Å². The number of rotatable bonds is 21. The summed E-state index contributed by atoms with van der Waals surface area (Å²) in [5, 5.41) is 32.4. The Morgan fingerprint density at radius 3 is 2.13 bits per heavy atom. The van der Waals surface area contributed by atoms with Crippen LogP contribution in [0.15, 0.2) is 34.9 Å². The number of nitrogens with one attached hydrogen (secondary N) is 2. The summed E-state index contributed by atoms with van der Waals surface area (Å²) in [6.07, 6.45) is -8.92. The minimum Gasteiger partial charge on any atom is -0.756 e. The summed E-state index contributed by atoms with van der Waals surface area (Å²) in [6, 6.07) is 0. The maximum Gasteiger partial charge on any atom is 0.487 e. The zero-order valence-electron chi connectivity index (χ0n) is 40.9. The Hall–Kier alpha value is -5.44. The molecule has 0 aliphatic carbocycles. The van der Waals surface area contributed by atoms with Gasteiger partial charge < -0.3 is 80.3 Å². The molecule has 78 heavy (non-hydrogen) atoms. The van der Waals surface area contributed by atoms with E-state index >= 15 is 0 Å². The van der Waals surface area contributed by atoms with Crippen LogP contribution in [0.4, 0.5) is 17.7 Å². The lowest BCUT2D eigenvalue weighted by atomic mass is 9.94. The third-order valence-corrected chi connectivity index (χ3v) is 18.1. The first-order chi connectivity index (χ1) is 36.8. The Balaban J connectivity index is 0.854. The number of fused-ring (bicyclic) bond motifs is 3. The number of ether oxygens (including phenoxy) is 5. The maximum absolute atomic E-state index is 13.3. The van der Waals surface area contributed by atoms with Gasteiger partial charge in [-0.1, -0.05) is 0 Å². The molecule has 9 rings (SSSR count). The molecule has 5 unspecified atom stereocenters. The first kappa shape index (κ1) is 57.3. The summed E-state index contributed by atoms with van der Waals surface area (Å²) >= 11 is 0.989. The third-order valence-electron chi connectivity index (χ3n) is 12.6. The fourth-order valence-electron chi connectivity index (χ4n) is 9.02. The van der Waals surface area contributed by atoms with E-state index in [0.29, 0.717) is 0 Å². The molecular weight excluding hydrogens is 1130 g/mol. The molecule has 6 aromatic rings. The Bertz CT molecular complexity index is 3490. The minimum atomic E-state index is -6.17. The predicted molar refractivity (Wildman–Crippen MR) is 259 cm³/mol. The highest BCUT2D eigenvalue weighted by molar-refractivity contribution is 7.99. The number of carbonyl (C=O) groups excluding carboxylic acids is 1. The van der Waals surface area contributed by atoms with Crippen molar-refractivity contribution < 1.29 is 94.4 Å². The quantitative estimate of drug-likeness (QED) is 0.0142. The number of hydrogen-bond donors (Lipinski definition) is 10. The zero-order valence-corrected chi connectivity index (χ0v) is 44.4. The molecule has 3 fully saturated rings. The van der Waals surface area contributed by atoms with Gasteiger partial charge in [-0.3, -0.25) is 42.6 Å². The van der Waals surface area contributed by atoms with E-state index in [1.54, 1.807) is 0 Å². The van der Waals surface area contributed by atoms with Crippen LogP contribution in [0.1, 0.15) is 25.1 Å². The van der Waals surface area contributed by atoms with Gasteiger partial charge in [-0.15, -0.1) is 11.8 Å². The fraction of sp³-hybridized carbons (Fsp3) is 0.568. The summed E-state index contributed by atoms with van der Waals surface area (Å²) in [4.78, 5) is 103. The number of amides is 1. The van der Waals surface area contributed by atoms with E-state index in [4.69, 9.17) is 49.9 Å². The number of nitrogens with two attached hydrogens (primary N) is 3. The molecule has 9 heterocycles. The number of nitrogens with zero attached hydrogens (tertiary/aromatic N) is 11. The van der Waals surface area contributed by atoms with Gasteiger partial charge in [0.1, 0.15) is 42.4 Å². The Morgan fingerprint density at radius 1 is 0.795 bits per heavy atom. The molecule has 0 spiro atoms. The molecule has 3 saturated heterocycles. The monoisotopic (exact) mass is 1180 g/mol. The van der Waals surface area contributed by atoms with Gasteiger partial charge in [0.05, 0.1) is 62.9 Å². The van der Waals surface area contributed by atoms with Gasteiger partial charge >= 0.3 is 21.2 Å². The van der Waals surface area contributed by atoms with Crippen LogP contribution in [0.5, 0.6) is 0 Å². The van der Waals surface area contributed by atoms with E-state index in [9.17, 15) is 58.1 Å². The highest BCUT2D eigenvalue weighted by atomic mass is 32.2. The van der Waals surface area contributed by atoms with Crippen LogP contribution in [0.2, 0.25) is 0 Å². The second-order valence-corrected chi connectivity index (χ2v) is 23.6. The van der Waals surface area contributed by atoms with Crippen molar-refractivity contribution in [2.24, 2.45) is 13.0 Å².